The summed E-state index contributed by atoms with van der Waals surface area (Å²) in [5.74, 6) is 0. The third kappa shape index (κ3) is 1.35. The smallest absolute Gasteiger partial charge is 0.336 e. The van der Waals surface area contributed by atoms with Gasteiger partial charge in [-0.15, -0.1) is 0 Å². The quantitative estimate of drug-likeness (QED) is 0.443. The lowest BCUT2D eigenvalue weighted by Crippen LogP contribution is -1.97. The number of rotatable bonds is 0. The Labute approximate surface area is 108 Å². The van der Waals surface area contributed by atoms with Crippen molar-refractivity contribution in [2.75, 3.05) is 0 Å². The monoisotopic (exact) mass is 250 g/mol. The van der Waals surface area contributed by atoms with Crippen molar-refractivity contribution in [3.05, 3.63) is 58.4 Å². The first-order valence-electron chi connectivity index (χ1n) is 6.09. The van der Waals surface area contributed by atoms with Crippen molar-refractivity contribution in [3.8, 4) is 0 Å². The Hall–Kier alpha value is -2.55. The minimum atomic E-state index is -0.331. The lowest BCUT2D eigenvalue weighted by Gasteiger charge is -2.00. The summed E-state index contributed by atoms with van der Waals surface area (Å²) >= 11 is 0. The molecule has 0 amide bonds. The molecule has 92 valence electrons. The normalized spacial score (nSPS) is 11.6. The van der Waals surface area contributed by atoms with Gasteiger partial charge in [0.15, 0.2) is 0 Å². The minimum absolute atomic E-state index is 0.331. The van der Waals surface area contributed by atoms with Gasteiger partial charge in [-0.2, -0.15) is 0 Å². The molecule has 0 N–H and O–H groups in total. The van der Waals surface area contributed by atoms with Gasteiger partial charge >= 0.3 is 5.63 Å². The van der Waals surface area contributed by atoms with E-state index in [2.05, 4.69) is 0 Å². The summed E-state index contributed by atoms with van der Waals surface area (Å²) in [5, 5.41) is 2.78. The van der Waals surface area contributed by atoms with Crippen LogP contribution in [0.4, 0.5) is 0 Å². The molecule has 0 atom stereocenters. The van der Waals surface area contributed by atoms with E-state index in [1.807, 2.05) is 43.3 Å². The summed E-state index contributed by atoms with van der Waals surface area (Å²) < 4.78 is 11.2. The predicted molar refractivity (Wildman–Crippen MR) is 74.5 cm³/mol. The fourth-order valence-corrected chi connectivity index (χ4v) is 2.59. The van der Waals surface area contributed by atoms with Gasteiger partial charge in [-0.25, -0.2) is 4.79 Å². The van der Waals surface area contributed by atoms with Crippen molar-refractivity contribution >= 4 is 32.9 Å². The van der Waals surface area contributed by atoms with Crippen LogP contribution in [0.5, 0.6) is 0 Å². The number of fused-ring (bicyclic) bond motifs is 5. The largest absolute Gasteiger partial charge is 0.456 e. The maximum atomic E-state index is 11.6. The Morgan fingerprint density at radius 1 is 0.895 bits per heavy atom. The lowest BCUT2D eigenvalue weighted by atomic mass is 10.1. The van der Waals surface area contributed by atoms with E-state index in [-0.39, 0.29) is 5.63 Å². The topological polar surface area (TPSA) is 43.4 Å². The first kappa shape index (κ1) is 10.4. The first-order chi connectivity index (χ1) is 9.24. The van der Waals surface area contributed by atoms with Gasteiger partial charge in [-0.1, -0.05) is 18.2 Å². The standard InChI is InChI=1S/C16H10O3/c1-9-8-14(17)19-16-10(9)6-7-13-15(16)11-4-2-3-5-12(11)18-13/h2-8H,1H3. The molecule has 4 aromatic rings. The molecule has 4 rings (SSSR count). The zero-order chi connectivity index (χ0) is 13.0. The van der Waals surface area contributed by atoms with E-state index < -0.39 is 0 Å². The van der Waals surface area contributed by atoms with E-state index in [0.717, 1.165) is 32.9 Å². The van der Waals surface area contributed by atoms with Gasteiger partial charge in [-0.05, 0) is 30.7 Å². The van der Waals surface area contributed by atoms with Crippen LogP contribution in [0.3, 0.4) is 0 Å². The maximum absolute atomic E-state index is 11.6. The molecule has 0 radical (unpaired) electrons. The fraction of sp³-hybridized carbons (Fsp3) is 0.0625. The van der Waals surface area contributed by atoms with E-state index >= 15 is 0 Å². The maximum Gasteiger partial charge on any atom is 0.336 e. The molecular formula is C16H10O3. The molecule has 0 spiro atoms. The number of para-hydroxylation sites is 1. The molecule has 0 aliphatic heterocycles. The van der Waals surface area contributed by atoms with Crippen LogP contribution in [-0.2, 0) is 0 Å². The Bertz CT molecular complexity index is 989. The van der Waals surface area contributed by atoms with Crippen LogP contribution >= 0.6 is 0 Å². The molecule has 0 fully saturated rings. The number of aryl methyl sites for hydroxylation is 1. The number of furan rings is 1. The van der Waals surface area contributed by atoms with Gasteiger partial charge in [0.1, 0.15) is 16.7 Å². The van der Waals surface area contributed by atoms with Crippen LogP contribution in [-0.4, -0.2) is 0 Å². The molecule has 3 heteroatoms. The molecule has 0 aliphatic carbocycles. The molecule has 19 heavy (non-hydrogen) atoms. The van der Waals surface area contributed by atoms with Crippen molar-refractivity contribution in [1.82, 2.24) is 0 Å². The highest BCUT2D eigenvalue weighted by Crippen LogP contribution is 2.34. The number of hydrogen-bond donors (Lipinski definition) is 0. The highest BCUT2D eigenvalue weighted by atomic mass is 16.4. The van der Waals surface area contributed by atoms with Crippen molar-refractivity contribution in [3.63, 3.8) is 0 Å². The number of benzene rings is 2. The highest BCUT2D eigenvalue weighted by Gasteiger charge is 2.13. The molecule has 0 saturated carbocycles. The Balaban J connectivity index is 2.39. The molecule has 0 aliphatic rings. The van der Waals surface area contributed by atoms with E-state index in [4.69, 9.17) is 8.83 Å². The van der Waals surface area contributed by atoms with E-state index in [0.29, 0.717) is 5.58 Å². The molecule has 0 unspecified atom stereocenters. The van der Waals surface area contributed by atoms with Crippen molar-refractivity contribution in [2.45, 2.75) is 6.92 Å². The van der Waals surface area contributed by atoms with Gasteiger partial charge in [0.2, 0.25) is 0 Å². The van der Waals surface area contributed by atoms with Crippen LogP contribution in [0.2, 0.25) is 0 Å². The van der Waals surface area contributed by atoms with E-state index in [9.17, 15) is 4.79 Å². The summed E-state index contributed by atoms with van der Waals surface area (Å²) in [4.78, 5) is 11.6. The van der Waals surface area contributed by atoms with Crippen LogP contribution in [0.25, 0.3) is 32.9 Å². The second-order valence-electron chi connectivity index (χ2n) is 4.66. The Morgan fingerprint density at radius 3 is 2.63 bits per heavy atom. The van der Waals surface area contributed by atoms with Crippen LogP contribution < -0.4 is 5.63 Å². The molecule has 2 aromatic heterocycles. The highest BCUT2D eigenvalue weighted by molar-refractivity contribution is 6.16. The lowest BCUT2D eigenvalue weighted by molar-refractivity contribution is 0.562. The fourth-order valence-electron chi connectivity index (χ4n) is 2.59. The first-order valence-corrected chi connectivity index (χ1v) is 6.09. The van der Waals surface area contributed by atoms with E-state index in [1.165, 1.54) is 6.07 Å². The SMILES string of the molecule is Cc1cc(=O)oc2c1ccc1oc3ccccc3c12. The third-order valence-electron chi connectivity index (χ3n) is 3.46. The molecule has 2 heterocycles. The third-order valence-corrected chi connectivity index (χ3v) is 3.46. The average Bonchev–Trinajstić information content (AvgIpc) is 2.77. The second-order valence-corrected chi connectivity index (χ2v) is 4.66. The van der Waals surface area contributed by atoms with Crippen LogP contribution in [0.1, 0.15) is 5.56 Å². The average molecular weight is 250 g/mol. The zero-order valence-electron chi connectivity index (χ0n) is 10.3. The molecule has 0 bridgehead atoms. The number of hydrogen-bond acceptors (Lipinski definition) is 3. The van der Waals surface area contributed by atoms with Gasteiger partial charge in [0.25, 0.3) is 0 Å². The Morgan fingerprint density at radius 2 is 1.74 bits per heavy atom. The second kappa shape index (κ2) is 3.48. The van der Waals surface area contributed by atoms with Crippen LogP contribution in [0.15, 0.2) is 56.1 Å². The van der Waals surface area contributed by atoms with Crippen molar-refractivity contribution < 1.29 is 8.83 Å². The van der Waals surface area contributed by atoms with Gasteiger partial charge in [0, 0.05) is 16.8 Å². The minimum Gasteiger partial charge on any atom is -0.456 e. The van der Waals surface area contributed by atoms with Crippen LogP contribution in [0, 0.1) is 6.92 Å². The summed E-state index contributed by atoms with van der Waals surface area (Å²) in [6, 6.07) is 13.1. The van der Waals surface area contributed by atoms with Gasteiger partial charge < -0.3 is 8.83 Å². The van der Waals surface area contributed by atoms with E-state index in [1.54, 1.807) is 0 Å². The summed E-state index contributed by atoms with van der Waals surface area (Å²) in [6.45, 7) is 1.91. The summed E-state index contributed by atoms with van der Waals surface area (Å²) in [5.41, 5.74) is 2.73. The van der Waals surface area contributed by atoms with Gasteiger partial charge in [-0.3, -0.25) is 0 Å². The van der Waals surface area contributed by atoms with Gasteiger partial charge in [0.05, 0.1) is 5.39 Å². The Kier molecular flexibility index (Phi) is 1.90. The summed E-state index contributed by atoms with van der Waals surface area (Å²) in [7, 11) is 0. The molecule has 0 saturated heterocycles. The molecule has 3 nitrogen and oxygen atoms in total. The van der Waals surface area contributed by atoms with Crippen molar-refractivity contribution in [1.29, 1.82) is 0 Å². The molecular weight excluding hydrogens is 240 g/mol. The molecule has 2 aromatic carbocycles. The summed E-state index contributed by atoms with van der Waals surface area (Å²) in [6.07, 6.45) is 0. The van der Waals surface area contributed by atoms with Crippen molar-refractivity contribution in [2.24, 2.45) is 0 Å². The predicted octanol–water partition coefficient (Wildman–Crippen LogP) is 4.00. The zero-order valence-corrected chi connectivity index (χ0v) is 10.3.